The SMILES string of the molecule is CC(C)CC(=O)c1ccc(SCCN2CCCCC2)cc1. The van der Waals surface area contributed by atoms with Crippen LogP contribution in [0, 0.1) is 5.92 Å². The molecule has 0 unspecified atom stereocenters. The summed E-state index contributed by atoms with van der Waals surface area (Å²) in [5.74, 6) is 1.82. The molecule has 0 atom stereocenters. The first-order valence-corrected chi connectivity index (χ1v) is 9.12. The van der Waals surface area contributed by atoms with Crippen molar-refractivity contribution < 1.29 is 4.79 Å². The van der Waals surface area contributed by atoms with Gasteiger partial charge in [0.15, 0.2) is 5.78 Å². The summed E-state index contributed by atoms with van der Waals surface area (Å²) in [7, 11) is 0. The molecule has 0 aliphatic carbocycles. The smallest absolute Gasteiger partial charge is 0.163 e. The quantitative estimate of drug-likeness (QED) is 0.547. The molecule has 0 bridgehead atoms. The average Bonchev–Trinajstić information content (AvgIpc) is 2.48. The molecular formula is C18H27NOS. The van der Waals surface area contributed by atoms with Crippen molar-refractivity contribution in [1.29, 1.82) is 0 Å². The second-order valence-corrected chi connectivity index (χ2v) is 7.46. The fourth-order valence-electron chi connectivity index (χ4n) is 2.70. The highest BCUT2D eigenvalue weighted by Crippen LogP contribution is 2.20. The van der Waals surface area contributed by atoms with Gasteiger partial charge in [-0.1, -0.05) is 32.4 Å². The number of carbonyl (C=O) groups is 1. The molecule has 1 aromatic carbocycles. The number of hydrogen-bond donors (Lipinski definition) is 0. The van der Waals surface area contributed by atoms with Crippen molar-refractivity contribution in [2.75, 3.05) is 25.4 Å². The van der Waals surface area contributed by atoms with Crippen LogP contribution in [0.15, 0.2) is 29.2 Å². The van der Waals surface area contributed by atoms with Gasteiger partial charge in [0.2, 0.25) is 0 Å². The zero-order valence-electron chi connectivity index (χ0n) is 13.3. The van der Waals surface area contributed by atoms with Crippen LogP contribution in [0.1, 0.15) is 49.9 Å². The lowest BCUT2D eigenvalue weighted by atomic mass is 10.0. The van der Waals surface area contributed by atoms with Crippen LogP contribution in [-0.4, -0.2) is 36.1 Å². The van der Waals surface area contributed by atoms with E-state index in [1.165, 1.54) is 43.8 Å². The van der Waals surface area contributed by atoms with Gasteiger partial charge in [0, 0.05) is 29.2 Å². The molecule has 1 fully saturated rings. The Labute approximate surface area is 133 Å². The van der Waals surface area contributed by atoms with Crippen molar-refractivity contribution in [3.8, 4) is 0 Å². The Balaban J connectivity index is 1.75. The summed E-state index contributed by atoms with van der Waals surface area (Å²) in [6, 6.07) is 8.14. The second kappa shape index (κ2) is 8.60. The van der Waals surface area contributed by atoms with Crippen LogP contribution in [0.3, 0.4) is 0 Å². The normalized spacial score (nSPS) is 16.3. The van der Waals surface area contributed by atoms with Crippen molar-refractivity contribution >= 4 is 17.5 Å². The standard InChI is InChI=1S/C18H27NOS/c1-15(2)14-18(20)16-6-8-17(9-7-16)21-13-12-19-10-4-3-5-11-19/h6-9,15H,3-5,10-14H2,1-2H3. The minimum atomic E-state index is 0.259. The van der Waals surface area contributed by atoms with Crippen LogP contribution in [0.5, 0.6) is 0 Å². The number of rotatable bonds is 7. The zero-order chi connectivity index (χ0) is 15.1. The molecule has 0 saturated carbocycles. The number of Topliss-reactive ketones (excluding diaryl/α,β-unsaturated/α-hetero) is 1. The van der Waals surface area contributed by atoms with Gasteiger partial charge in [-0.3, -0.25) is 4.79 Å². The Morgan fingerprint density at radius 1 is 1.14 bits per heavy atom. The molecule has 1 saturated heterocycles. The number of nitrogens with zero attached hydrogens (tertiary/aromatic N) is 1. The highest BCUT2D eigenvalue weighted by Gasteiger charge is 2.10. The Hall–Kier alpha value is -0.800. The van der Waals surface area contributed by atoms with E-state index in [9.17, 15) is 4.79 Å². The third-order valence-corrected chi connectivity index (χ3v) is 4.89. The number of hydrogen-bond acceptors (Lipinski definition) is 3. The number of piperidine rings is 1. The number of ketones is 1. The van der Waals surface area contributed by atoms with E-state index in [-0.39, 0.29) is 5.78 Å². The minimum absolute atomic E-state index is 0.259. The molecule has 0 aromatic heterocycles. The summed E-state index contributed by atoms with van der Waals surface area (Å²) >= 11 is 1.90. The molecule has 0 amide bonds. The topological polar surface area (TPSA) is 20.3 Å². The van der Waals surface area contributed by atoms with Gasteiger partial charge in [0.05, 0.1) is 0 Å². The lowest BCUT2D eigenvalue weighted by Crippen LogP contribution is -2.31. The Morgan fingerprint density at radius 2 is 1.81 bits per heavy atom. The maximum atomic E-state index is 12.0. The minimum Gasteiger partial charge on any atom is -0.303 e. The van der Waals surface area contributed by atoms with Gasteiger partial charge >= 0.3 is 0 Å². The summed E-state index contributed by atoms with van der Waals surface area (Å²) in [6.07, 6.45) is 4.76. The van der Waals surface area contributed by atoms with Crippen LogP contribution in [0.2, 0.25) is 0 Å². The predicted molar refractivity (Wildman–Crippen MR) is 91.2 cm³/mol. The zero-order valence-corrected chi connectivity index (χ0v) is 14.1. The van der Waals surface area contributed by atoms with E-state index in [1.54, 1.807) is 0 Å². The van der Waals surface area contributed by atoms with Gasteiger partial charge in [-0.2, -0.15) is 0 Å². The van der Waals surface area contributed by atoms with Gasteiger partial charge < -0.3 is 4.90 Å². The van der Waals surface area contributed by atoms with E-state index in [0.717, 1.165) is 11.3 Å². The lowest BCUT2D eigenvalue weighted by molar-refractivity contribution is 0.0968. The molecule has 1 aliphatic heterocycles. The molecule has 0 spiro atoms. The third-order valence-electron chi connectivity index (χ3n) is 3.89. The van der Waals surface area contributed by atoms with Crippen LogP contribution >= 0.6 is 11.8 Å². The van der Waals surface area contributed by atoms with Crippen molar-refractivity contribution in [2.45, 2.75) is 44.4 Å². The Morgan fingerprint density at radius 3 is 2.43 bits per heavy atom. The molecule has 2 nitrogen and oxygen atoms in total. The first kappa shape index (κ1) is 16.6. The van der Waals surface area contributed by atoms with Crippen LogP contribution in [-0.2, 0) is 0 Å². The van der Waals surface area contributed by atoms with Gasteiger partial charge in [0.1, 0.15) is 0 Å². The molecule has 21 heavy (non-hydrogen) atoms. The van der Waals surface area contributed by atoms with E-state index >= 15 is 0 Å². The monoisotopic (exact) mass is 305 g/mol. The van der Waals surface area contributed by atoms with E-state index in [2.05, 4.69) is 30.9 Å². The molecule has 1 heterocycles. The van der Waals surface area contributed by atoms with E-state index in [0.29, 0.717) is 12.3 Å². The molecule has 116 valence electrons. The van der Waals surface area contributed by atoms with Crippen molar-refractivity contribution in [3.05, 3.63) is 29.8 Å². The molecule has 1 aromatic rings. The molecule has 0 N–H and O–H groups in total. The first-order valence-electron chi connectivity index (χ1n) is 8.13. The van der Waals surface area contributed by atoms with E-state index < -0.39 is 0 Å². The van der Waals surface area contributed by atoms with Crippen molar-refractivity contribution in [1.82, 2.24) is 4.90 Å². The highest BCUT2D eigenvalue weighted by atomic mass is 32.2. The van der Waals surface area contributed by atoms with Crippen molar-refractivity contribution in [2.24, 2.45) is 5.92 Å². The van der Waals surface area contributed by atoms with Gasteiger partial charge in [0.25, 0.3) is 0 Å². The summed E-state index contributed by atoms with van der Waals surface area (Å²) in [5, 5.41) is 0. The summed E-state index contributed by atoms with van der Waals surface area (Å²) in [4.78, 5) is 15.8. The number of carbonyl (C=O) groups excluding carboxylic acids is 1. The van der Waals surface area contributed by atoms with Gasteiger partial charge in [-0.05, 0) is 44.0 Å². The second-order valence-electron chi connectivity index (χ2n) is 6.30. The summed E-state index contributed by atoms with van der Waals surface area (Å²) in [6.45, 7) is 7.89. The average molecular weight is 305 g/mol. The van der Waals surface area contributed by atoms with Crippen molar-refractivity contribution in [3.63, 3.8) is 0 Å². The van der Waals surface area contributed by atoms with Crippen LogP contribution in [0.4, 0.5) is 0 Å². The molecule has 3 heteroatoms. The maximum Gasteiger partial charge on any atom is 0.163 e. The Bertz CT molecular complexity index is 435. The molecule has 1 aliphatic rings. The highest BCUT2D eigenvalue weighted by molar-refractivity contribution is 7.99. The largest absolute Gasteiger partial charge is 0.303 e. The maximum absolute atomic E-state index is 12.0. The Kier molecular flexibility index (Phi) is 6.78. The fourth-order valence-corrected chi connectivity index (χ4v) is 3.62. The number of thioether (sulfide) groups is 1. The van der Waals surface area contributed by atoms with Crippen LogP contribution in [0.25, 0.3) is 0 Å². The van der Waals surface area contributed by atoms with Gasteiger partial charge in [-0.15, -0.1) is 11.8 Å². The number of benzene rings is 1. The summed E-state index contributed by atoms with van der Waals surface area (Å²) in [5.41, 5.74) is 0.851. The van der Waals surface area contributed by atoms with E-state index in [1.807, 2.05) is 23.9 Å². The third kappa shape index (κ3) is 5.84. The first-order chi connectivity index (χ1) is 10.1. The molecular weight excluding hydrogens is 278 g/mol. The fraction of sp³-hybridized carbons (Fsp3) is 0.611. The lowest BCUT2D eigenvalue weighted by Gasteiger charge is -2.26. The molecule has 2 rings (SSSR count). The summed E-state index contributed by atoms with van der Waals surface area (Å²) < 4.78 is 0. The van der Waals surface area contributed by atoms with E-state index in [4.69, 9.17) is 0 Å². The van der Waals surface area contributed by atoms with Gasteiger partial charge in [-0.25, -0.2) is 0 Å². The number of likely N-dealkylation sites (tertiary alicyclic amines) is 1. The van der Waals surface area contributed by atoms with Crippen LogP contribution < -0.4 is 0 Å². The molecule has 0 radical (unpaired) electrons. The predicted octanol–water partition coefficient (Wildman–Crippen LogP) is 4.49.